The van der Waals surface area contributed by atoms with Crippen LogP contribution < -0.4 is 0 Å². The molecule has 0 spiro atoms. The highest BCUT2D eigenvalue weighted by Gasteiger charge is 2.47. The summed E-state index contributed by atoms with van der Waals surface area (Å²) in [6.45, 7) is 16.8. The quantitative estimate of drug-likeness (QED) is 0.185. The average molecular weight is 422 g/mol. The molecule has 0 saturated heterocycles. The topological polar surface area (TPSA) is 3.24 Å². The molecule has 4 unspecified atom stereocenters. The minimum absolute atomic E-state index is 0.597. The summed E-state index contributed by atoms with van der Waals surface area (Å²) in [6, 6.07) is 10.6. The monoisotopic (exact) mass is 421 g/mol. The van der Waals surface area contributed by atoms with E-state index in [1.54, 1.807) is 11.1 Å². The minimum Gasteiger partial charge on any atom is -0.337 e. The van der Waals surface area contributed by atoms with Crippen LogP contribution in [0.2, 0.25) is 5.82 Å². The SMILES string of the molecule is C=CCC1CC(B(C2CCC(CCCCCC)C2)N(C(C)C)C(C)C)c2ccccc21. The highest BCUT2D eigenvalue weighted by Crippen LogP contribution is 2.51. The molecule has 4 atom stereocenters. The Hall–Kier alpha value is -1.02. The smallest absolute Gasteiger partial charge is 0.234 e. The number of allylic oxidation sites excluding steroid dienone is 1. The van der Waals surface area contributed by atoms with Gasteiger partial charge in [-0.2, -0.15) is 0 Å². The third-order valence-corrected chi connectivity index (χ3v) is 8.30. The average Bonchev–Trinajstić information content (AvgIpc) is 3.34. The Labute approximate surface area is 194 Å². The van der Waals surface area contributed by atoms with E-state index in [-0.39, 0.29) is 0 Å². The maximum absolute atomic E-state index is 4.08. The molecule has 3 rings (SSSR count). The van der Waals surface area contributed by atoms with Crippen LogP contribution in [0, 0.1) is 5.92 Å². The number of unbranched alkanes of at least 4 members (excludes halogenated alkanes) is 3. The highest BCUT2D eigenvalue weighted by molar-refractivity contribution is 6.59. The van der Waals surface area contributed by atoms with Gasteiger partial charge in [0.15, 0.2) is 0 Å². The van der Waals surface area contributed by atoms with E-state index in [4.69, 9.17) is 0 Å². The zero-order valence-electron chi connectivity index (χ0n) is 21.2. The summed E-state index contributed by atoms with van der Waals surface area (Å²) in [6.07, 6.45) is 16.0. The van der Waals surface area contributed by atoms with E-state index < -0.39 is 0 Å². The van der Waals surface area contributed by atoms with E-state index in [1.165, 1.54) is 57.8 Å². The lowest BCUT2D eigenvalue weighted by molar-refractivity contribution is 0.289. The summed E-state index contributed by atoms with van der Waals surface area (Å²) in [7, 11) is 0. The van der Waals surface area contributed by atoms with Gasteiger partial charge in [-0.15, -0.1) is 6.58 Å². The van der Waals surface area contributed by atoms with Crippen LogP contribution in [0.15, 0.2) is 36.9 Å². The van der Waals surface area contributed by atoms with Crippen LogP contribution in [-0.4, -0.2) is 23.7 Å². The first-order valence-corrected chi connectivity index (χ1v) is 13.4. The Morgan fingerprint density at radius 1 is 1.00 bits per heavy atom. The van der Waals surface area contributed by atoms with Crippen molar-refractivity contribution in [3.63, 3.8) is 0 Å². The lowest BCUT2D eigenvalue weighted by Crippen LogP contribution is -2.53. The van der Waals surface area contributed by atoms with Crippen LogP contribution in [0.4, 0.5) is 0 Å². The molecule has 1 fully saturated rings. The van der Waals surface area contributed by atoms with Gasteiger partial charge in [-0.25, -0.2) is 0 Å². The fraction of sp³-hybridized carbons (Fsp3) is 0.724. The Balaban J connectivity index is 1.84. The second-order valence-electron chi connectivity index (χ2n) is 11.1. The van der Waals surface area contributed by atoms with Crippen LogP contribution >= 0.6 is 0 Å². The van der Waals surface area contributed by atoms with E-state index in [0.717, 1.165) is 18.2 Å². The van der Waals surface area contributed by atoms with Crippen molar-refractivity contribution in [3.8, 4) is 0 Å². The number of rotatable bonds is 12. The van der Waals surface area contributed by atoms with Gasteiger partial charge in [-0.05, 0) is 59.5 Å². The largest absolute Gasteiger partial charge is 0.337 e. The summed E-state index contributed by atoms with van der Waals surface area (Å²) < 4.78 is 0. The van der Waals surface area contributed by atoms with Crippen LogP contribution in [0.25, 0.3) is 0 Å². The normalized spacial score (nSPS) is 25.5. The maximum atomic E-state index is 4.08. The number of hydrogen-bond acceptors (Lipinski definition) is 1. The molecule has 31 heavy (non-hydrogen) atoms. The van der Waals surface area contributed by atoms with Crippen molar-refractivity contribution >= 4 is 6.85 Å². The lowest BCUT2D eigenvalue weighted by atomic mass is 9.39. The van der Waals surface area contributed by atoms with Gasteiger partial charge in [0.25, 0.3) is 0 Å². The molecule has 1 nitrogen and oxygen atoms in total. The number of nitrogens with zero attached hydrogens (tertiary/aromatic N) is 1. The second kappa shape index (κ2) is 11.7. The number of fused-ring (bicyclic) bond motifs is 1. The van der Waals surface area contributed by atoms with Crippen molar-refractivity contribution < 1.29 is 0 Å². The molecule has 0 heterocycles. The highest BCUT2D eigenvalue weighted by atomic mass is 15.1. The standard InChI is InChI=1S/C29H48BN/c1-7-9-10-11-15-24-18-19-26(20-24)30(31(22(3)4)23(5)6)29-21-25(14-8-2)27-16-12-13-17-28(27)29/h8,12-13,16-17,22-26,29H,2,7,9-11,14-15,18-21H2,1,3-6H3. The van der Waals surface area contributed by atoms with Gasteiger partial charge >= 0.3 is 0 Å². The van der Waals surface area contributed by atoms with E-state index in [1.807, 2.05) is 0 Å². The zero-order valence-corrected chi connectivity index (χ0v) is 21.2. The van der Waals surface area contributed by atoms with Crippen LogP contribution in [0.3, 0.4) is 0 Å². The molecule has 172 valence electrons. The van der Waals surface area contributed by atoms with Gasteiger partial charge in [-0.3, -0.25) is 0 Å². The van der Waals surface area contributed by atoms with E-state index in [2.05, 4.69) is 76.4 Å². The van der Waals surface area contributed by atoms with Crippen LogP contribution in [0.1, 0.15) is 122 Å². The summed E-state index contributed by atoms with van der Waals surface area (Å²) >= 11 is 0. The molecule has 0 amide bonds. The molecule has 0 N–H and O–H groups in total. The lowest BCUT2D eigenvalue weighted by Gasteiger charge is -2.43. The van der Waals surface area contributed by atoms with Gasteiger partial charge < -0.3 is 4.81 Å². The fourth-order valence-electron chi connectivity index (χ4n) is 7.14. The molecule has 0 aliphatic heterocycles. The third kappa shape index (κ3) is 5.87. The Bertz CT molecular complexity index is 673. The zero-order chi connectivity index (χ0) is 22.4. The van der Waals surface area contributed by atoms with Gasteiger partial charge in [0, 0.05) is 0 Å². The van der Waals surface area contributed by atoms with Crippen molar-refractivity contribution in [2.24, 2.45) is 5.92 Å². The van der Waals surface area contributed by atoms with Gasteiger partial charge in [0.2, 0.25) is 6.85 Å². The van der Waals surface area contributed by atoms with E-state index in [0.29, 0.717) is 30.7 Å². The first-order chi connectivity index (χ1) is 15.0. The molecule has 2 heteroatoms. The fourth-order valence-corrected chi connectivity index (χ4v) is 7.14. The summed E-state index contributed by atoms with van der Waals surface area (Å²) in [5, 5.41) is 0. The summed E-state index contributed by atoms with van der Waals surface area (Å²) in [4.78, 5) is 2.89. The van der Waals surface area contributed by atoms with Crippen LogP contribution in [-0.2, 0) is 0 Å². The summed E-state index contributed by atoms with van der Waals surface area (Å²) in [5.41, 5.74) is 3.26. The Morgan fingerprint density at radius 2 is 1.71 bits per heavy atom. The predicted molar refractivity (Wildman–Crippen MR) is 139 cm³/mol. The van der Waals surface area contributed by atoms with Crippen LogP contribution in [0.5, 0.6) is 0 Å². The van der Waals surface area contributed by atoms with Gasteiger partial charge in [-0.1, -0.05) is 116 Å². The minimum atomic E-state index is 0.597. The second-order valence-corrected chi connectivity index (χ2v) is 11.1. The Kier molecular flexibility index (Phi) is 9.32. The molecule has 1 aromatic rings. The molecular formula is C29H48BN. The summed E-state index contributed by atoms with van der Waals surface area (Å²) in [5.74, 6) is 3.15. The van der Waals surface area contributed by atoms with E-state index in [9.17, 15) is 0 Å². The predicted octanol–water partition coefficient (Wildman–Crippen LogP) is 8.62. The molecule has 0 bridgehead atoms. The molecule has 2 aliphatic carbocycles. The number of hydrogen-bond donors (Lipinski definition) is 0. The van der Waals surface area contributed by atoms with Crippen molar-refractivity contribution in [3.05, 3.63) is 48.0 Å². The van der Waals surface area contributed by atoms with Crippen molar-refractivity contribution in [1.29, 1.82) is 0 Å². The van der Waals surface area contributed by atoms with Crippen molar-refractivity contribution in [2.75, 3.05) is 0 Å². The van der Waals surface area contributed by atoms with Gasteiger partial charge in [0.05, 0.1) is 0 Å². The molecule has 0 aromatic heterocycles. The first-order valence-electron chi connectivity index (χ1n) is 13.4. The van der Waals surface area contributed by atoms with Crippen molar-refractivity contribution in [1.82, 2.24) is 4.81 Å². The molecule has 0 radical (unpaired) electrons. The van der Waals surface area contributed by atoms with Crippen molar-refractivity contribution in [2.45, 2.75) is 128 Å². The van der Waals surface area contributed by atoms with E-state index >= 15 is 0 Å². The maximum Gasteiger partial charge on any atom is 0.234 e. The van der Waals surface area contributed by atoms with Gasteiger partial charge in [0.1, 0.15) is 0 Å². The molecular weight excluding hydrogens is 373 g/mol. The molecule has 1 saturated carbocycles. The number of benzene rings is 1. The molecule has 1 aromatic carbocycles. The third-order valence-electron chi connectivity index (χ3n) is 8.30. The first kappa shape index (κ1) is 24.6. The Morgan fingerprint density at radius 3 is 2.35 bits per heavy atom. The molecule has 2 aliphatic rings.